The second kappa shape index (κ2) is 4.93. The first-order valence-electron chi connectivity index (χ1n) is 7.05. The number of aliphatic hydroxyl groups is 1. The molecule has 3 heterocycles. The van der Waals surface area contributed by atoms with E-state index < -0.39 is 34.9 Å². The smallest absolute Gasteiger partial charge is 0.394 e. The summed E-state index contributed by atoms with van der Waals surface area (Å²) in [6.07, 6.45) is -4.13. The largest absolute Gasteiger partial charge is 0.394 e. The molecule has 0 radical (unpaired) electrons. The lowest BCUT2D eigenvalue weighted by atomic mass is 9.51. The van der Waals surface area contributed by atoms with Gasteiger partial charge in [-0.2, -0.15) is 13.2 Å². The van der Waals surface area contributed by atoms with Crippen LogP contribution < -0.4 is 0 Å². The zero-order chi connectivity index (χ0) is 16.1. The zero-order valence-corrected chi connectivity index (χ0v) is 12.6. The molecule has 0 unspecified atom stereocenters. The molecule has 4 nitrogen and oxygen atoms in total. The van der Waals surface area contributed by atoms with Crippen LogP contribution >= 0.6 is 0 Å². The molecule has 3 aliphatic heterocycles. The van der Waals surface area contributed by atoms with Crippen molar-refractivity contribution in [2.75, 3.05) is 33.4 Å². The number of Topliss-reactive ketones (excluding diaryl/α,β-unsaturated/α-hetero) is 1. The van der Waals surface area contributed by atoms with Crippen LogP contribution in [0.25, 0.3) is 0 Å². The molecule has 122 valence electrons. The molecule has 7 heteroatoms. The third-order valence-corrected chi connectivity index (χ3v) is 5.63. The van der Waals surface area contributed by atoms with Crippen LogP contribution in [0.1, 0.15) is 26.7 Å². The normalized spacial score (nSPS) is 37.1. The van der Waals surface area contributed by atoms with E-state index in [9.17, 15) is 23.1 Å². The summed E-state index contributed by atoms with van der Waals surface area (Å²) in [5.41, 5.74) is -4.95. The minimum absolute atomic E-state index is 0.0853. The Kier molecular flexibility index (Phi) is 3.92. The fraction of sp³-hybridized carbons (Fsp3) is 0.929. The summed E-state index contributed by atoms with van der Waals surface area (Å²) in [5, 5.41) is 9.72. The summed E-state index contributed by atoms with van der Waals surface area (Å²) in [6.45, 7) is 2.33. The summed E-state index contributed by atoms with van der Waals surface area (Å²) in [6, 6.07) is 0. The molecular formula is C14H22F3NO3. The molecule has 0 aromatic carbocycles. The number of aliphatic hydroxyl groups excluding tert-OH is 1. The van der Waals surface area contributed by atoms with E-state index in [2.05, 4.69) is 0 Å². The van der Waals surface area contributed by atoms with Crippen LogP contribution in [0.2, 0.25) is 0 Å². The van der Waals surface area contributed by atoms with E-state index in [-0.39, 0.29) is 19.4 Å². The molecular weight excluding hydrogens is 287 g/mol. The van der Waals surface area contributed by atoms with Crippen molar-refractivity contribution in [1.82, 2.24) is 4.90 Å². The van der Waals surface area contributed by atoms with Crippen LogP contribution in [-0.2, 0) is 9.53 Å². The molecule has 0 amide bonds. The van der Waals surface area contributed by atoms with Crippen LogP contribution in [0.4, 0.5) is 13.2 Å². The van der Waals surface area contributed by atoms with E-state index in [4.69, 9.17) is 4.74 Å². The minimum Gasteiger partial charge on any atom is -0.394 e. The van der Waals surface area contributed by atoms with Crippen molar-refractivity contribution in [3.8, 4) is 0 Å². The van der Waals surface area contributed by atoms with Crippen LogP contribution in [0.3, 0.4) is 0 Å². The van der Waals surface area contributed by atoms with Gasteiger partial charge in [0.1, 0.15) is 5.54 Å². The number of carbonyl (C=O) groups is 1. The third-order valence-electron chi connectivity index (χ3n) is 5.63. The minimum atomic E-state index is -4.48. The first-order chi connectivity index (χ1) is 9.59. The second-order valence-electron chi connectivity index (χ2n) is 6.64. The number of methoxy groups -OCH3 is 1. The fourth-order valence-electron chi connectivity index (χ4n) is 3.93. The number of alkyl halides is 3. The quantitative estimate of drug-likeness (QED) is 0.857. The number of fused-ring (bicyclic) bond motifs is 3. The number of rotatable bonds is 4. The van der Waals surface area contributed by atoms with Gasteiger partial charge < -0.3 is 9.84 Å². The number of halogens is 3. The van der Waals surface area contributed by atoms with Crippen LogP contribution in [-0.4, -0.2) is 60.9 Å². The summed E-state index contributed by atoms with van der Waals surface area (Å²) >= 11 is 0. The van der Waals surface area contributed by atoms with Gasteiger partial charge in [-0.05, 0) is 12.8 Å². The third kappa shape index (κ3) is 1.97. The molecule has 0 aliphatic carbocycles. The van der Waals surface area contributed by atoms with Crippen molar-refractivity contribution in [3.63, 3.8) is 0 Å². The number of hydrogen-bond donors (Lipinski definition) is 1. The number of hydrogen-bond acceptors (Lipinski definition) is 4. The van der Waals surface area contributed by atoms with E-state index in [0.717, 1.165) is 13.8 Å². The Hall–Kier alpha value is -0.660. The highest BCUT2D eigenvalue weighted by Crippen LogP contribution is 2.60. The molecule has 1 N–H and O–H groups in total. The Morgan fingerprint density at radius 2 is 1.81 bits per heavy atom. The average molecular weight is 309 g/mol. The standard InChI is InChI=1S/C14H22F3NO3/c1-11(2,14(15,16)17)12-4-6-18(7-5-12)13(8-19,9-21-3)10(12)20/h19H,4-9H2,1-3H3/t13-/m1/s1. The highest BCUT2D eigenvalue weighted by atomic mass is 19.4. The van der Waals surface area contributed by atoms with Gasteiger partial charge in [0.25, 0.3) is 0 Å². The van der Waals surface area contributed by atoms with Crippen molar-refractivity contribution in [2.45, 2.75) is 38.4 Å². The molecule has 3 fully saturated rings. The van der Waals surface area contributed by atoms with Crippen molar-refractivity contribution in [2.24, 2.45) is 10.8 Å². The molecule has 3 aliphatic rings. The highest BCUT2D eigenvalue weighted by molar-refractivity contribution is 5.96. The summed E-state index contributed by atoms with van der Waals surface area (Å²) < 4.78 is 45.6. The lowest BCUT2D eigenvalue weighted by Crippen LogP contribution is -2.76. The Morgan fingerprint density at radius 1 is 1.29 bits per heavy atom. The van der Waals surface area contributed by atoms with Gasteiger partial charge in [-0.1, -0.05) is 13.8 Å². The number of ether oxygens (including phenoxy) is 1. The van der Waals surface area contributed by atoms with Crippen LogP contribution in [0.5, 0.6) is 0 Å². The van der Waals surface area contributed by atoms with Gasteiger partial charge in [-0.25, -0.2) is 0 Å². The Balaban J connectivity index is 2.52. The maximum Gasteiger partial charge on any atom is 0.394 e. The summed E-state index contributed by atoms with van der Waals surface area (Å²) in [4.78, 5) is 14.7. The van der Waals surface area contributed by atoms with Crippen molar-refractivity contribution < 1.29 is 27.8 Å². The van der Waals surface area contributed by atoms with Gasteiger partial charge in [0.2, 0.25) is 0 Å². The monoisotopic (exact) mass is 309 g/mol. The van der Waals surface area contributed by atoms with Gasteiger partial charge >= 0.3 is 6.18 Å². The van der Waals surface area contributed by atoms with Gasteiger partial charge in [0, 0.05) is 25.6 Å². The molecule has 3 saturated heterocycles. The summed E-state index contributed by atoms with van der Waals surface area (Å²) in [5.74, 6) is -0.529. The Labute approximate surface area is 122 Å². The molecule has 0 aromatic heterocycles. The molecule has 0 aromatic rings. The predicted molar refractivity (Wildman–Crippen MR) is 69.8 cm³/mol. The predicted octanol–water partition coefficient (Wildman–Crippen LogP) is 1.62. The number of piperidine rings is 3. The van der Waals surface area contributed by atoms with E-state index in [1.165, 1.54) is 7.11 Å². The Morgan fingerprint density at radius 3 is 2.19 bits per heavy atom. The van der Waals surface area contributed by atoms with Gasteiger partial charge in [0.15, 0.2) is 5.78 Å². The van der Waals surface area contributed by atoms with Crippen LogP contribution in [0, 0.1) is 10.8 Å². The number of ketones is 1. The number of nitrogens with zero attached hydrogens (tertiary/aromatic N) is 1. The molecule has 0 spiro atoms. The average Bonchev–Trinajstić information content (AvgIpc) is 2.42. The van der Waals surface area contributed by atoms with Crippen molar-refractivity contribution >= 4 is 5.78 Å². The lowest BCUT2D eigenvalue weighted by Gasteiger charge is -2.61. The van der Waals surface area contributed by atoms with Crippen LogP contribution in [0.15, 0.2) is 0 Å². The van der Waals surface area contributed by atoms with Gasteiger partial charge in [0.05, 0.1) is 18.6 Å². The zero-order valence-electron chi connectivity index (χ0n) is 12.6. The van der Waals surface area contributed by atoms with Crippen molar-refractivity contribution in [1.29, 1.82) is 0 Å². The van der Waals surface area contributed by atoms with Crippen molar-refractivity contribution in [3.05, 3.63) is 0 Å². The first-order valence-corrected chi connectivity index (χ1v) is 7.05. The fourth-order valence-corrected chi connectivity index (χ4v) is 3.93. The second-order valence-corrected chi connectivity index (χ2v) is 6.64. The maximum atomic E-state index is 13.5. The van der Waals surface area contributed by atoms with E-state index in [1.54, 1.807) is 4.90 Å². The molecule has 21 heavy (non-hydrogen) atoms. The molecule has 1 atom stereocenters. The van der Waals surface area contributed by atoms with Gasteiger partial charge in [-0.3, -0.25) is 9.69 Å². The van der Waals surface area contributed by atoms with E-state index in [1.807, 2.05) is 0 Å². The topological polar surface area (TPSA) is 49.8 Å². The Bertz CT molecular complexity index is 428. The summed E-state index contributed by atoms with van der Waals surface area (Å²) in [7, 11) is 1.38. The highest BCUT2D eigenvalue weighted by Gasteiger charge is 2.71. The maximum absolute atomic E-state index is 13.5. The molecule has 3 rings (SSSR count). The molecule has 0 saturated carbocycles. The lowest BCUT2D eigenvalue weighted by molar-refractivity contribution is -0.269. The van der Waals surface area contributed by atoms with E-state index >= 15 is 0 Å². The van der Waals surface area contributed by atoms with E-state index in [0.29, 0.717) is 13.1 Å². The number of carbonyl (C=O) groups excluding carboxylic acids is 1. The SMILES string of the molecule is COC[C@]1(CO)C(=O)C2(C(C)(C)C(F)(F)F)CCN1CC2. The molecule has 2 bridgehead atoms. The van der Waals surface area contributed by atoms with Gasteiger partial charge in [-0.15, -0.1) is 0 Å². The first kappa shape index (κ1) is 16.7.